The average Bonchev–Trinajstić information content (AvgIpc) is 2.38. The van der Waals surface area contributed by atoms with Crippen molar-refractivity contribution in [3.63, 3.8) is 0 Å². The van der Waals surface area contributed by atoms with Crippen LogP contribution in [0.15, 0.2) is 33.6 Å². The van der Waals surface area contributed by atoms with E-state index in [4.69, 9.17) is 0 Å². The number of nitrogens with one attached hydrogen (secondary N) is 1. The molecule has 0 unspecified atom stereocenters. The van der Waals surface area contributed by atoms with Gasteiger partial charge in [0.05, 0.1) is 10.6 Å². The minimum absolute atomic E-state index is 0. The quantitative estimate of drug-likeness (QED) is 0.863. The van der Waals surface area contributed by atoms with Gasteiger partial charge in [-0.25, -0.2) is 8.42 Å². The van der Waals surface area contributed by atoms with Crippen LogP contribution in [-0.2, 0) is 9.84 Å². The second-order valence-electron chi connectivity index (χ2n) is 4.87. The highest BCUT2D eigenvalue weighted by molar-refractivity contribution is 9.10. The monoisotopic (exact) mass is 382 g/mol. The molecule has 1 N–H and O–H groups in total. The Labute approximate surface area is 135 Å². The summed E-state index contributed by atoms with van der Waals surface area (Å²) in [6, 6.07) is 7.30. The molecule has 114 valence electrons. The summed E-state index contributed by atoms with van der Waals surface area (Å²) in [6.45, 7) is 5.49. The molecule has 2 rings (SSSR count). The molecule has 4 nitrogen and oxygen atoms in total. The van der Waals surface area contributed by atoms with Gasteiger partial charge in [0.1, 0.15) is 0 Å². The summed E-state index contributed by atoms with van der Waals surface area (Å²) in [6.07, 6.45) is 0. The van der Waals surface area contributed by atoms with Gasteiger partial charge in [0, 0.05) is 36.7 Å². The number of hydrogen-bond donors (Lipinski definition) is 1. The molecule has 0 amide bonds. The summed E-state index contributed by atoms with van der Waals surface area (Å²) in [4.78, 5) is 2.62. The molecular weight excluding hydrogens is 364 g/mol. The van der Waals surface area contributed by atoms with E-state index in [1.54, 1.807) is 18.2 Å². The molecule has 0 bridgehead atoms. The van der Waals surface area contributed by atoms with Crippen molar-refractivity contribution in [3.8, 4) is 0 Å². The van der Waals surface area contributed by atoms with Gasteiger partial charge in [-0.1, -0.05) is 22.0 Å². The summed E-state index contributed by atoms with van der Waals surface area (Å²) < 4.78 is 25.3. The highest BCUT2D eigenvalue weighted by Gasteiger charge is 2.21. The van der Waals surface area contributed by atoms with Crippen molar-refractivity contribution in [2.75, 3.05) is 31.9 Å². The normalized spacial score (nSPS) is 20.4. The maximum atomic E-state index is 12.3. The fourth-order valence-corrected chi connectivity index (χ4v) is 4.08. The number of piperazine rings is 1. The molecule has 0 aliphatic carbocycles. The lowest BCUT2D eigenvalue weighted by atomic mass is 10.2. The molecule has 1 heterocycles. The molecule has 1 aliphatic heterocycles. The van der Waals surface area contributed by atoms with Crippen molar-refractivity contribution in [1.82, 2.24) is 10.2 Å². The smallest absolute Gasteiger partial charge is 0.179 e. The Bertz CT molecular complexity index is 539. The number of hydrogen-bond acceptors (Lipinski definition) is 4. The molecule has 1 fully saturated rings. The molecule has 0 radical (unpaired) electrons. The number of halogens is 2. The Morgan fingerprint density at radius 1 is 1.45 bits per heavy atom. The van der Waals surface area contributed by atoms with Crippen LogP contribution in [0.3, 0.4) is 0 Å². The molecule has 1 atom stereocenters. The van der Waals surface area contributed by atoms with Crippen LogP contribution in [0.25, 0.3) is 0 Å². The van der Waals surface area contributed by atoms with Crippen LogP contribution in [0.4, 0.5) is 0 Å². The topological polar surface area (TPSA) is 49.4 Å². The van der Waals surface area contributed by atoms with E-state index in [-0.39, 0.29) is 18.2 Å². The first kappa shape index (κ1) is 17.9. The molecule has 1 saturated heterocycles. The van der Waals surface area contributed by atoms with E-state index in [0.717, 1.165) is 24.1 Å². The van der Waals surface area contributed by atoms with Crippen LogP contribution in [0, 0.1) is 0 Å². The molecule has 1 aromatic rings. The van der Waals surface area contributed by atoms with Crippen LogP contribution in [-0.4, -0.2) is 51.3 Å². The summed E-state index contributed by atoms with van der Waals surface area (Å²) in [5, 5.41) is 3.30. The average molecular weight is 384 g/mol. The second kappa shape index (κ2) is 7.75. The largest absolute Gasteiger partial charge is 0.314 e. The van der Waals surface area contributed by atoms with Gasteiger partial charge in [0.25, 0.3) is 0 Å². The number of sulfone groups is 1. The van der Waals surface area contributed by atoms with Crippen LogP contribution in [0.5, 0.6) is 0 Å². The Morgan fingerprint density at radius 2 is 2.20 bits per heavy atom. The maximum absolute atomic E-state index is 12.3. The summed E-state index contributed by atoms with van der Waals surface area (Å²) >= 11 is 3.31. The molecule has 0 aromatic heterocycles. The lowest BCUT2D eigenvalue weighted by molar-refractivity contribution is 0.184. The van der Waals surface area contributed by atoms with Gasteiger partial charge < -0.3 is 5.32 Å². The molecular formula is C13H20BrClN2O2S. The fourth-order valence-electron chi connectivity index (χ4n) is 2.23. The Hall–Kier alpha value is -0.140. The summed E-state index contributed by atoms with van der Waals surface area (Å²) in [7, 11) is -3.20. The zero-order chi connectivity index (χ0) is 13.9. The molecule has 7 heteroatoms. The van der Waals surface area contributed by atoms with Crippen molar-refractivity contribution >= 4 is 38.2 Å². The predicted molar refractivity (Wildman–Crippen MR) is 87.3 cm³/mol. The van der Waals surface area contributed by atoms with Crippen LogP contribution < -0.4 is 5.32 Å². The van der Waals surface area contributed by atoms with Crippen molar-refractivity contribution < 1.29 is 8.42 Å². The van der Waals surface area contributed by atoms with E-state index in [2.05, 4.69) is 33.1 Å². The van der Waals surface area contributed by atoms with Gasteiger partial charge in [-0.3, -0.25) is 4.90 Å². The third-order valence-electron chi connectivity index (χ3n) is 3.44. The molecule has 1 aromatic carbocycles. The van der Waals surface area contributed by atoms with E-state index in [1.807, 2.05) is 6.07 Å². The standard InChI is InChI=1S/C13H19BrN2O2S.ClH/c1-11-10-15-5-6-16(11)7-8-19(17,18)13-4-2-3-12(14)9-13;/h2-4,9,11,15H,5-8,10H2,1H3;1H/t11-;/m0./s1. The van der Waals surface area contributed by atoms with Gasteiger partial charge in [-0.15, -0.1) is 12.4 Å². The lowest BCUT2D eigenvalue weighted by Crippen LogP contribution is -2.50. The van der Waals surface area contributed by atoms with Crippen LogP contribution in [0.1, 0.15) is 6.92 Å². The van der Waals surface area contributed by atoms with Crippen molar-refractivity contribution in [3.05, 3.63) is 28.7 Å². The van der Waals surface area contributed by atoms with Gasteiger partial charge in [0.15, 0.2) is 9.84 Å². The van der Waals surface area contributed by atoms with E-state index in [1.165, 1.54) is 0 Å². The zero-order valence-corrected chi connectivity index (χ0v) is 14.6. The number of nitrogens with zero attached hydrogens (tertiary/aromatic N) is 1. The van der Waals surface area contributed by atoms with Crippen LogP contribution in [0.2, 0.25) is 0 Å². The van der Waals surface area contributed by atoms with Crippen molar-refractivity contribution in [2.45, 2.75) is 17.9 Å². The third-order valence-corrected chi connectivity index (χ3v) is 5.63. The minimum Gasteiger partial charge on any atom is -0.314 e. The zero-order valence-electron chi connectivity index (χ0n) is 11.4. The predicted octanol–water partition coefficient (Wildman–Crippen LogP) is 1.94. The highest BCUT2D eigenvalue weighted by atomic mass is 79.9. The Balaban J connectivity index is 0.00000200. The summed E-state index contributed by atoms with van der Waals surface area (Å²) in [5.74, 6) is 0.174. The number of benzene rings is 1. The van der Waals surface area contributed by atoms with Gasteiger partial charge in [0.2, 0.25) is 0 Å². The van der Waals surface area contributed by atoms with E-state index >= 15 is 0 Å². The van der Waals surface area contributed by atoms with Crippen molar-refractivity contribution in [1.29, 1.82) is 0 Å². The lowest BCUT2D eigenvalue weighted by Gasteiger charge is -2.33. The minimum atomic E-state index is -3.20. The van der Waals surface area contributed by atoms with E-state index in [9.17, 15) is 8.42 Å². The maximum Gasteiger partial charge on any atom is 0.179 e. The molecule has 0 saturated carbocycles. The highest BCUT2D eigenvalue weighted by Crippen LogP contribution is 2.17. The Kier molecular flexibility index (Phi) is 6.94. The molecule has 0 spiro atoms. The number of rotatable bonds is 4. The first-order chi connectivity index (χ1) is 8.99. The van der Waals surface area contributed by atoms with Gasteiger partial charge >= 0.3 is 0 Å². The Morgan fingerprint density at radius 3 is 2.85 bits per heavy atom. The van der Waals surface area contributed by atoms with Gasteiger partial charge in [-0.05, 0) is 25.1 Å². The first-order valence-electron chi connectivity index (χ1n) is 6.42. The van der Waals surface area contributed by atoms with Gasteiger partial charge in [-0.2, -0.15) is 0 Å². The fraction of sp³-hybridized carbons (Fsp3) is 0.538. The molecule has 1 aliphatic rings. The van der Waals surface area contributed by atoms with Crippen LogP contribution >= 0.6 is 28.3 Å². The SMILES string of the molecule is C[C@H]1CNCCN1CCS(=O)(=O)c1cccc(Br)c1.Cl. The van der Waals surface area contributed by atoms with E-state index < -0.39 is 9.84 Å². The second-order valence-corrected chi connectivity index (χ2v) is 7.89. The van der Waals surface area contributed by atoms with Crippen molar-refractivity contribution in [2.24, 2.45) is 0 Å². The van der Waals surface area contributed by atoms with E-state index in [0.29, 0.717) is 17.5 Å². The summed E-state index contributed by atoms with van der Waals surface area (Å²) in [5.41, 5.74) is 0. The first-order valence-corrected chi connectivity index (χ1v) is 8.87. The third kappa shape index (κ3) is 4.70. The molecule has 20 heavy (non-hydrogen) atoms.